The topological polar surface area (TPSA) is 76.5 Å². The van der Waals surface area contributed by atoms with Crippen LogP contribution in [0, 0.1) is 5.41 Å². The summed E-state index contributed by atoms with van der Waals surface area (Å²) in [6.45, 7) is 4.43. The monoisotopic (exact) mass is 396 g/mol. The zero-order valence-corrected chi connectivity index (χ0v) is 16.7. The van der Waals surface area contributed by atoms with E-state index in [1.54, 1.807) is 16.8 Å². The van der Waals surface area contributed by atoms with Gasteiger partial charge in [-0.3, -0.25) is 19.1 Å². The van der Waals surface area contributed by atoms with E-state index in [1.165, 1.54) is 19.3 Å². The molecule has 3 heterocycles. The van der Waals surface area contributed by atoms with Crippen molar-refractivity contribution >= 4 is 16.9 Å². The molecule has 5 rings (SSSR count). The molecule has 2 aliphatic carbocycles. The van der Waals surface area contributed by atoms with E-state index in [1.807, 2.05) is 12.1 Å². The molecule has 7 heteroatoms. The van der Waals surface area contributed by atoms with Gasteiger partial charge in [-0.15, -0.1) is 0 Å². The molecular weight excluding hydrogens is 368 g/mol. The van der Waals surface area contributed by atoms with Crippen LogP contribution in [0.5, 0.6) is 0 Å². The standard InChI is InChI=1S/C22H28N4O3/c27-20(24-17-14-22(15-17)4-2-5-22)18-13-16-3-1-6-23-19(16)26(21(18)28)8-7-25-9-11-29-12-10-25/h1,3,6,13,17H,2,4-5,7-12,14-15H2,(H,24,27). The van der Waals surface area contributed by atoms with Gasteiger partial charge < -0.3 is 10.1 Å². The Morgan fingerprint density at radius 1 is 1.24 bits per heavy atom. The number of rotatable bonds is 5. The lowest BCUT2D eigenvalue weighted by atomic mass is 9.54. The van der Waals surface area contributed by atoms with Crippen molar-refractivity contribution in [3.63, 3.8) is 0 Å². The summed E-state index contributed by atoms with van der Waals surface area (Å²) in [5.74, 6) is -0.250. The highest BCUT2D eigenvalue weighted by Gasteiger charge is 2.48. The second-order valence-electron chi connectivity index (χ2n) is 8.82. The maximum absolute atomic E-state index is 13.2. The zero-order valence-electron chi connectivity index (χ0n) is 16.7. The zero-order chi connectivity index (χ0) is 19.8. The molecular formula is C22H28N4O3. The second-order valence-corrected chi connectivity index (χ2v) is 8.82. The Labute approximate surface area is 170 Å². The van der Waals surface area contributed by atoms with Crippen LogP contribution in [0.1, 0.15) is 42.5 Å². The van der Waals surface area contributed by atoms with Gasteiger partial charge in [0.25, 0.3) is 11.5 Å². The molecule has 0 atom stereocenters. The lowest BCUT2D eigenvalue weighted by Crippen LogP contribution is -2.54. The number of hydrogen-bond donors (Lipinski definition) is 1. The van der Waals surface area contributed by atoms with E-state index in [-0.39, 0.29) is 23.1 Å². The van der Waals surface area contributed by atoms with Crippen molar-refractivity contribution in [3.8, 4) is 0 Å². The lowest BCUT2D eigenvalue weighted by molar-refractivity contribution is -0.000651. The molecule has 1 amide bonds. The summed E-state index contributed by atoms with van der Waals surface area (Å²) in [7, 11) is 0. The number of nitrogens with zero attached hydrogens (tertiary/aromatic N) is 3. The van der Waals surface area contributed by atoms with Crippen molar-refractivity contribution in [3.05, 3.63) is 40.3 Å². The minimum Gasteiger partial charge on any atom is -0.379 e. The molecule has 1 spiro atoms. The van der Waals surface area contributed by atoms with Crippen LogP contribution in [-0.4, -0.2) is 59.2 Å². The largest absolute Gasteiger partial charge is 0.379 e. The molecule has 0 aromatic carbocycles. The van der Waals surface area contributed by atoms with Crippen LogP contribution in [-0.2, 0) is 11.3 Å². The van der Waals surface area contributed by atoms with Gasteiger partial charge in [0.1, 0.15) is 11.2 Å². The van der Waals surface area contributed by atoms with E-state index < -0.39 is 0 Å². The Morgan fingerprint density at radius 2 is 2.03 bits per heavy atom. The number of pyridine rings is 2. The van der Waals surface area contributed by atoms with Crippen LogP contribution in [0.4, 0.5) is 0 Å². The van der Waals surface area contributed by atoms with Crippen molar-refractivity contribution in [1.29, 1.82) is 0 Å². The van der Waals surface area contributed by atoms with Crippen LogP contribution in [0.25, 0.3) is 11.0 Å². The highest BCUT2D eigenvalue weighted by atomic mass is 16.5. The molecule has 154 valence electrons. The Morgan fingerprint density at radius 3 is 2.76 bits per heavy atom. The van der Waals surface area contributed by atoms with Gasteiger partial charge in [0.2, 0.25) is 0 Å². The van der Waals surface area contributed by atoms with Gasteiger partial charge in [0.15, 0.2) is 0 Å². The van der Waals surface area contributed by atoms with Crippen molar-refractivity contribution in [2.45, 2.75) is 44.7 Å². The first-order valence-electron chi connectivity index (χ1n) is 10.7. The maximum Gasteiger partial charge on any atom is 0.265 e. The Balaban J connectivity index is 1.37. The fourth-order valence-electron chi connectivity index (χ4n) is 5.08. The second kappa shape index (κ2) is 7.54. The van der Waals surface area contributed by atoms with Crippen LogP contribution < -0.4 is 10.9 Å². The number of fused-ring (bicyclic) bond motifs is 1. The van der Waals surface area contributed by atoms with Crippen molar-refractivity contribution < 1.29 is 9.53 Å². The maximum atomic E-state index is 13.2. The van der Waals surface area contributed by atoms with Crippen LogP contribution in [0.15, 0.2) is 29.2 Å². The molecule has 3 aliphatic rings. The number of hydrogen-bond acceptors (Lipinski definition) is 5. The molecule has 3 fully saturated rings. The highest BCUT2D eigenvalue weighted by molar-refractivity contribution is 5.97. The summed E-state index contributed by atoms with van der Waals surface area (Å²) < 4.78 is 7.06. The number of carbonyl (C=O) groups excluding carboxylic acids is 1. The molecule has 7 nitrogen and oxygen atoms in total. The quantitative estimate of drug-likeness (QED) is 0.834. The van der Waals surface area contributed by atoms with Crippen molar-refractivity contribution in [1.82, 2.24) is 19.8 Å². The first kappa shape index (κ1) is 18.8. The van der Waals surface area contributed by atoms with Crippen LogP contribution >= 0.6 is 0 Å². The molecule has 29 heavy (non-hydrogen) atoms. The molecule has 2 saturated carbocycles. The summed E-state index contributed by atoms with van der Waals surface area (Å²) in [6, 6.07) is 5.65. The van der Waals surface area contributed by atoms with Crippen LogP contribution in [0.2, 0.25) is 0 Å². The van der Waals surface area contributed by atoms with E-state index in [2.05, 4.69) is 15.2 Å². The fourth-order valence-corrected chi connectivity index (χ4v) is 5.08. The third-order valence-corrected chi connectivity index (χ3v) is 6.94. The molecule has 1 N–H and O–H groups in total. The van der Waals surface area contributed by atoms with Gasteiger partial charge in [0, 0.05) is 43.8 Å². The minimum absolute atomic E-state index is 0.202. The lowest BCUT2D eigenvalue weighted by Gasteiger charge is -2.54. The summed E-state index contributed by atoms with van der Waals surface area (Å²) >= 11 is 0. The van der Waals surface area contributed by atoms with E-state index in [0.717, 1.165) is 51.1 Å². The molecule has 2 aromatic rings. The number of nitrogens with one attached hydrogen (secondary N) is 1. The number of morpholine rings is 1. The minimum atomic E-state index is -0.250. The number of aromatic nitrogens is 2. The van der Waals surface area contributed by atoms with E-state index in [4.69, 9.17) is 4.74 Å². The van der Waals surface area contributed by atoms with Crippen molar-refractivity contribution in [2.75, 3.05) is 32.8 Å². The summed E-state index contributed by atoms with van der Waals surface area (Å²) in [5, 5.41) is 3.92. The number of carbonyl (C=O) groups is 1. The van der Waals surface area contributed by atoms with Gasteiger partial charge in [-0.2, -0.15) is 0 Å². The summed E-state index contributed by atoms with van der Waals surface area (Å²) in [4.78, 5) is 32.8. The van der Waals surface area contributed by atoms with Gasteiger partial charge >= 0.3 is 0 Å². The van der Waals surface area contributed by atoms with E-state index >= 15 is 0 Å². The average Bonchev–Trinajstić information content (AvgIpc) is 2.68. The third kappa shape index (κ3) is 3.57. The average molecular weight is 396 g/mol. The Kier molecular flexibility index (Phi) is 4.87. The van der Waals surface area contributed by atoms with Crippen molar-refractivity contribution in [2.24, 2.45) is 5.41 Å². The normalized spacial score (nSPS) is 21.7. The molecule has 1 aliphatic heterocycles. The first-order chi connectivity index (χ1) is 14.1. The Hall–Kier alpha value is -2.25. The summed E-state index contributed by atoms with van der Waals surface area (Å²) in [6.07, 6.45) is 7.69. The highest BCUT2D eigenvalue weighted by Crippen LogP contribution is 2.55. The molecule has 2 aromatic heterocycles. The smallest absolute Gasteiger partial charge is 0.265 e. The van der Waals surface area contributed by atoms with E-state index in [9.17, 15) is 9.59 Å². The van der Waals surface area contributed by atoms with Gasteiger partial charge in [-0.05, 0) is 49.3 Å². The molecule has 1 saturated heterocycles. The third-order valence-electron chi connectivity index (χ3n) is 6.94. The summed E-state index contributed by atoms with van der Waals surface area (Å²) in [5.41, 5.74) is 1.10. The predicted octanol–water partition coefficient (Wildman–Crippen LogP) is 1.79. The van der Waals surface area contributed by atoms with Gasteiger partial charge in [-0.25, -0.2) is 4.98 Å². The van der Waals surface area contributed by atoms with Crippen LogP contribution in [0.3, 0.4) is 0 Å². The number of ether oxygens (including phenoxy) is 1. The van der Waals surface area contributed by atoms with E-state index in [0.29, 0.717) is 17.6 Å². The molecule has 0 bridgehead atoms. The number of amides is 1. The molecule has 0 radical (unpaired) electrons. The first-order valence-corrected chi connectivity index (χ1v) is 10.7. The fraction of sp³-hybridized carbons (Fsp3) is 0.591. The molecule has 0 unspecified atom stereocenters. The SMILES string of the molecule is O=C(NC1CC2(CCC2)C1)c1cc2cccnc2n(CCN2CCOCC2)c1=O. The predicted molar refractivity (Wildman–Crippen MR) is 110 cm³/mol. The van der Waals surface area contributed by atoms with Gasteiger partial charge in [-0.1, -0.05) is 6.42 Å². The van der Waals surface area contributed by atoms with Gasteiger partial charge in [0.05, 0.1) is 13.2 Å². The Bertz CT molecular complexity index is 968.